The van der Waals surface area contributed by atoms with Crippen LogP contribution in [0.4, 0.5) is 32.0 Å². The van der Waals surface area contributed by atoms with E-state index >= 15 is 0 Å². The molecule has 0 atom stereocenters. The van der Waals surface area contributed by atoms with Gasteiger partial charge in [-0.25, -0.2) is 17.6 Å². The van der Waals surface area contributed by atoms with Gasteiger partial charge in [0.2, 0.25) is 0 Å². The number of hydrogen-bond donors (Lipinski definition) is 1. The van der Waals surface area contributed by atoms with Gasteiger partial charge in [0.05, 0.1) is 5.69 Å². The number of carbonyl (C=O) groups excluding carboxylic acids is 1. The fourth-order valence-electron chi connectivity index (χ4n) is 0.905. The molecule has 1 aromatic rings. The molecule has 1 aromatic carbocycles. The molecule has 1 rings (SSSR count). The van der Waals surface area contributed by atoms with E-state index in [4.69, 9.17) is 0 Å². The molecule has 0 aliphatic heterocycles. The van der Waals surface area contributed by atoms with Crippen LogP contribution in [-0.4, -0.2) is 18.3 Å². The zero-order valence-electron chi connectivity index (χ0n) is 7.99. The van der Waals surface area contributed by atoms with Crippen molar-refractivity contribution >= 4 is 11.6 Å². The van der Waals surface area contributed by atoms with Crippen molar-refractivity contribution in [2.75, 3.05) is 5.32 Å². The average molecular weight is 257 g/mol. The van der Waals surface area contributed by atoms with Gasteiger partial charge in [0.25, 0.3) is 0 Å². The summed E-state index contributed by atoms with van der Waals surface area (Å²) in [4.78, 5) is 10.7. The Morgan fingerprint density at radius 2 is 1.82 bits per heavy atom. The van der Waals surface area contributed by atoms with Crippen LogP contribution in [0.2, 0.25) is 0 Å². The summed E-state index contributed by atoms with van der Waals surface area (Å²) < 4.78 is 74.0. The summed E-state index contributed by atoms with van der Waals surface area (Å²) in [5.74, 6) is -10.4. The van der Waals surface area contributed by atoms with E-state index < -0.39 is 35.6 Å². The van der Waals surface area contributed by atoms with Gasteiger partial charge >= 0.3 is 18.3 Å². The van der Waals surface area contributed by atoms with Gasteiger partial charge in [-0.1, -0.05) is 6.07 Å². The number of hydrogen-bond acceptors (Lipinski definition) is 1. The number of rotatable bonds is 3. The largest absolute Gasteiger partial charge is 0.383 e. The first kappa shape index (κ1) is 13.3. The van der Waals surface area contributed by atoms with Crippen LogP contribution in [0, 0.1) is 11.6 Å². The van der Waals surface area contributed by atoms with Crippen LogP contribution < -0.4 is 5.32 Å². The predicted octanol–water partition coefficient (Wildman–Crippen LogP) is 2.80. The van der Waals surface area contributed by atoms with E-state index in [0.29, 0.717) is 6.07 Å². The third-order valence-electron chi connectivity index (χ3n) is 1.78. The number of alkyl halides is 4. The summed E-state index contributed by atoms with van der Waals surface area (Å²) in [7, 11) is 0. The predicted molar refractivity (Wildman–Crippen MR) is 45.9 cm³/mol. The Morgan fingerprint density at radius 3 is 2.35 bits per heavy atom. The lowest BCUT2D eigenvalue weighted by Crippen LogP contribution is -2.41. The molecule has 0 aromatic heterocycles. The highest BCUT2D eigenvalue weighted by molar-refractivity contribution is 5.96. The Morgan fingerprint density at radius 1 is 1.24 bits per heavy atom. The van der Waals surface area contributed by atoms with Crippen molar-refractivity contribution in [3.05, 3.63) is 29.8 Å². The Labute approximate surface area is 91.2 Å². The van der Waals surface area contributed by atoms with E-state index in [1.807, 2.05) is 0 Å². The number of anilines is 1. The molecule has 0 saturated heterocycles. The van der Waals surface area contributed by atoms with Crippen LogP contribution in [0.15, 0.2) is 18.2 Å². The third kappa shape index (κ3) is 2.69. The van der Waals surface area contributed by atoms with Crippen molar-refractivity contribution < 1.29 is 31.1 Å². The molecule has 0 bridgehead atoms. The van der Waals surface area contributed by atoms with Crippen molar-refractivity contribution in [1.82, 2.24) is 0 Å². The Kier molecular flexibility index (Phi) is 3.64. The number of carbonyl (C=O) groups is 1. The topological polar surface area (TPSA) is 29.1 Å². The summed E-state index contributed by atoms with van der Waals surface area (Å²) in [5, 5.41) is 1.19. The van der Waals surface area contributed by atoms with Crippen LogP contribution in [-0.2, 0) is 4.79 Å². The van der Waals surface area contributed by atoms with Gasteiger partial charge in [0.15, 0.2) is 11.6 Å². The van der Waals surface area contributed by atoms with Crippen LogP contribution >= 0.6 is 0 Å². The van der Waals surface area contributed by atoms with Crippen LogP contribution in [0.1, 0.15) is 0 Å². The lowest BCUT2D eigenvalue weighted by atomic mass is 10.2. The Bertz CT molecular complexity index is 433. The number of halogens is 6. The molecule has 0 aliphatic carbocycles. The molecule has 0 fully saturated rings. The monoisotopic (exact) mass is 257 g/mol. The summed E-state index contributed by atoms with van der Waals surface area (Å²) >= 11 is 0. The highest BCUT2D eigenvalue weighted by Crippen LogP contribution is 2.25. The molecule has 0 spiro atoms. The van der Waals surface area contributed by atoms with Crippen molar-refractivity contribution in [1.29, 1.82) is 0 Å². The zero-order chi connectivity index (χ0) is 13.2. The molecule has 17 heavy (non-hydrogen) atoms. The fourth-order valence-corrected chi connectivity index (χ4v) is 0.905. The minimum absolute atomic E-state index is 0.677. The SMILES string of the molecule is O=C(Nc1cccc(F)c1F)C(F)(F)C(F)F. The first-order chi connectivity index (χ1) is 7.76. The second-order valence-corrected chi connectivity index (χ2v) is 2.98. The van der Waals surface area contributed by atoms with E-state index in [9.17, 15) is 31.1 Å². The van der Waals surface area contributed by atoms with Gasteiger partial charge in [-0.05, 0) is 12.1 Å². The number of nitrogens with one attached hydrogen (secondary N) is 1. The van der Waals surface area contributed by atoms with Gasteiger partial charge < -0.3 is 5.32 Å². The molecule has 0 aliphatic rings. The highest BCUT2D eigenvalue weighted by atomic mass is 19.3. The first-order valence-electron chi connectivity index (χ1n) is 4.18. The molecular weight excluding hydrogens is 252 g/mol. The normalized spacial score (nSPS) is 11.7. The standard InChI is InChI=1S/C9H5F6NO/c10-4-2-1-3-5(6(4)11)16-8(17)9(14,15)7(12)13/h1-3,7H,(H,16,17). The van der Waals surface area contributed by atoms with Gasteiger partial charge in [-0.3, -0.25) is 4.79 Å². The molecule has 0 heterocycles. The maximum absolute atomic E-state index is 12.9. The smallest absolute Gasteiger partial charge is 0.318 e. The van der Waals surface area contributed by atoms with Crippen molar-refractivity contribution in [3.8, 4) is 0 Å². The van der Waals surface area contributed by atoms with Gasteiger partial charge in [-0.2, -0.15) is 8.78 Å². The molecule has 0 unspecified atom stereocenters. The molecule has 2 nitrogen and oxygen atoms in total. The lowest BCUT2D eigenvalue weighted by molar-refractivity contribution is -0.163. The zero-order valence-corrected chi connectivity index (χ0v) is 7.99. The van der Waals surface area contributed by atoms with E-state index in [0.717, 1.165) is 12.1 Å². The summed E-state index contributed by atoms with van der Waals surface area (Å²) in [6.07, 6.45) is -4.24. The van der Waals surface area contributed by atoms with E-state index in [1.54, 1.807) is 0 Å². The quantitative estimate of drug-likeness (QED) is 0.829. The van der Waals surface area contributed by atoms with Crippen molar-refractivity contribution in [2.24, 2.45) is 0 Å². The van der Waals surface area contributed by atoms with E-state index in [2.05, 4.69) is 0 Å². The van der Waals surface area contributed by atoms with Crippen LogP contribution in [0.5, 0.6) is 0 Å². The maximum atomic E-state index is 12.9. The molecule has 0 radical (unpaired) electrons. The average Bonchev–Trinajstić information content (AvgIpc) is 2.24. The summed E-state index contributed by atoms with van der Waals surface area (Å²) in [6, 6.07) is 2.36. The van der Waals surface area contributed by atoms with Crippen molar-refractivity contribution in [3.63, 3.8) is 0 Å². The summed E-state index contributed by atoms with van der Waals surface area (Å²) in [5.41, 5.74) is -0.935. The van der Waals surface area contributed by atoms with Gasteiger partial charge in [0.1, 0.15) is 0 Å². The third-order valence-corrected chi connectivity index (χ3v) is 1.78. The fraction of sp³-hybridized carbons (Fsp3) is 0.222. The Hall–Kier alpha value is -1.73. The Balaban J connectivity index is 2.93. The minimum Gasteiger partial charge on any atom is -0.318 e. The second-order valence-electron chi connectivity index (χ2n) is 2.98. The van der Waals surface area contributed by atoms with Gasteiger partial charge in [-0.15, -0.1) is 0 Å². The van der Waals surface area contributed by atoms with Crippen LogP contribution in [0.25, 0.3) is 0 Å². The first-order valence-corrected chi connectivity index (χ1v) is 4.18. The molecular formula is C9H5F6NO. The van der Waals surface area contributed by atoms with Crippen molar-refractivity contribution in [2.45, 2.75) is 12.3 Å². The summed E-state index contributed by atoms with van der Waals surface area (Å²) in [6.45, 7) is 0. The number of amides is 1. The lowest BCUT2D eigenvalue weighted by Gasteiger charge is -2.15. The highest BCUT2D eigenvalue weighted by Gasteiger charge is 2.49. The van der Waals surface area contributed by atoms with Crippen LogP contribution in [0.3, 0.4) is 0 Å². The second kappa shape index (κ2) is 4.64. The maximum Gasteiger partial charge on any atom is 0.383 e. The molecule has 8 heteroatoms. The molecule has 94 valence electrons. The van der Waals surface area contributed by atoms with E-state index in [1.165, 1.54) is 5.32 Å². The number of benzene rings is 1. The minimum atomic E-state index is -4.97. The van der Waals surface area contributed by atoms with Gasteiger partial charge in [0, 0.05) is 0 Å². The molecule has 0 saturated carbocycles. The van der Waals surface area contributed by atoms with E-state index in [-0.39, 0.29) is 0 Å². The molecule has 1 N–H and O–H groups in total. The molecule has 1 amide bonds.